The zero-order valence-corrected chi connectivity index (χ0v) is 7.42. The minimum Gasteiger partial charge on any atom is -0.390 e. The average Bonchev–Trinajstić information content (AvgIpc) is 2.07. The summed E-state index contributed by atoms with van der Waals surface area (Å²) in [6.07, 6.45) is -0.0749. The third-order valence-electron chi connectivity index (χ3n) is 2.20. The molecule has 1 fully saturated rings. The normalized spacial score (nSPS) is 36.8. The second-order valence-corrected chi connectivity index (χ2v) is 3.22. The first-order chi connectivity index (χ1) is 5.69. The maximum absolute atomic E-state index is 9.83. The summed E-state index contributed by atoms with van der Waals surface area (Å²) in [6.45, 7) is 3.81. The van der Waals surface area contributed by atoms with Crippen molar-refractivity contribution in [2.45, 2.75) is 25.0 Å². The van der Waals surface area contributed by atoms with E-state index in [1.54, 1.807) is 0 Å². The standard InChI is InChI=1S/C8H17NO3/c1-2-12-6-8(11)5-9-4-3-7(8)10/h7,9-11H,2-6H2,1H3. The highest BCUT2D eigenvalue weighted by atomic mass is 16.5. The average molecular weight is 175 g/mol. The lowest BCUT2D eigenvalue weighted by Crippen LogP contribution is -2.58. The second kappa shape index (κ2) is 4.18. The summed E-state index contributed by atoms with van der Waals surface area (Å²) in [5, 5.41) is 22.3. The van der Waals surface area contributed by atoms with E-state index in [1.807, 2.05) is 6.92 Å². The van der Waals surface area contributed by atoms with Crippen LogP contribution in [-0.2, 0) is 4.74 Å². The third kappa shape index (κ3) is 2.17. The Balaban J connectivity index is 2.42. The van der Waals surface area contributed by atoms with Crippen molar-refractivity contribution < 1.29 is 14.9 Å². The molecule has 1 aliphatic rings. The van der Waals surface area contributed by atoms with E-state index in [9.17, 15) is 10.2 Å². The topological polar surface area (TPSA) is 61.7 Å². The highest BCUT2D eigenvalue weighted by Crippen LogP contribution is 2.16. The van der Waals surface area contributed by atoms with Crippen LogP contribution >= 0.6 is 0 Å². The van der Waals surface area contributed by atoms with Gasteiger partial charge in [-0.2, -0.15) is 0 Å². The van der Waals surface area contributed by atoms with Crippen molar-refractivity contribution in [3.63, 3.8) is 0 Å². The van der Waals surface area contributed by atoms with Crippen LogP contribution in [0, 0.1) is 0 Å². The van der Waals surface area contributed by atoms with E-state index in [0.29, 0.717) is 19.6 Å². The Labute approximate surface area is 72.5 Å². The lowest BCUT2D eigenvalue weighted by Gasteiger charge is -2.36. The van der Waals surface area contributed by atoms with E-state index in [4.69, 9.17) is 4.74 Å². The van der Waals surface area contributed by atoms with Crippen molar-refractivity contribution in [1.29, 1.82) is 0 Å². The lowest BCUT2D eigenvalue weighted by molar-refractivity contribution is -0.129. The number of aliphatic hydroxyl groups excluding tert-OH is 1. The molecule has 0 amide bonds. The van der Waals surface area contributed by atoms with Crippen molar-refractivity contribution in [2.75, 3.05) is 26.3 Å². The fourth-order valence-corrected chi connectivity index (χ4v) is 1.36. The van der Waals surface area contributed by atoms with Crippen molar-refractivity contribution >= 4 is 0 Å². The number of β-amino-alcohol motifs (C(OH)–C–C–N with tert-alkyl or cyclic N) is 1. The number of rotatable bonds is 3. The van der Waals surface area contributed by atoms with Crippen LogP contribution in [0.2, 0.25) is 0 Å². The predicted octanol–water partition coefficient (Wildman–Crippen LogP) is -0.892. The van der Waals surface area contributed by atoms with Crippen molar-refractivity contribution in [2.24, 2.45) is 0 Å². The molecular formula is C8H17NO3. The van der Waals surface area contributed by atoms with Gasteiger partial charge in [0.05, 0.1) is 12.7 Å². The fraction of sp³-hybridized carbons (Fsp3) is 1.00. The molecule has 0 saturated carbocycles. The molecule has 0 aromatic heterocycles. The molecule has 1 saturated heterocycles. The summed E-state index contributed by atoms with van der Waals surface area (Å²) in [5.41, 5.74) is -1.09. The predicted molar refractivity (Wildman–Crippen MR) is 44.9 cm³/mol. The molecule has 4 nitrogen and oxygen atoms in total. The van der Waals surface area contributed by atoms with Gasteiger partial charge in [-0.1, -0.05) is 0 Å². The SMILES string of the molecule is CCOCC1(O)CNCCC1O. The first-order valence-electron chi connectivity index (χ1n) is 4.38. The third-order valence-corrected chi connectivity index (χ3v) is 2.20. The zero-order valence-electron chi connectivity index (χ0n) is 7.42. The molecule has 2 unspecified atom stereocenters. The fourth-order valence-electron chi connectivity index (χ4n) is 1.36. The molecule has 4 heteroatoms. The molecule has 72 valence electrons. The summed E-state index contributed by atoms with van der Waals surface area (Å²) in [4.78, 5) is 0. The number of piperidine rings is 1. The van der Waals surface area contributed by atoms with Gasteiger partial charge in [-0.25, -0.2) is 0 Å². The first-order valence-corrected chi connectivity index (χ1v) is 4.38. The van der Waals surface area contributed by atoms with Gasteiger partial charge in [-0.05, 0) is 19.9 Å². The Kier molecular flexibility index (Phi) is 3.46. The van der Waals surface area contributed by atoms with Gasteiger partial charge in [0, 0.05) is 13.2 Å². The van der Waals surface area contributed by atoms with Crippen molar-refractivity contribution in [3.8, 4) is 0 Å². The van der Waals surface area contributed by atoms with Gasteiger partial charge in [0.2, 0.25) is 0 Å². The molecule has 3 N–H and O–H groups in total. The number of nitrogens with one attached hydrogen (secondary N) is 1. The molecule has 0 aromatic rings. The second-order valence-electron chi connectivity index (χ2n) is 3.22. The van der Waals surface area contributed by atoms with Gasteiger partial charge in [-0.15, -0.1) is 0 Å². The molecular weight excluding hydrogens is 158 g/mol. The van der Waals surface area contributed by atoms with E-state index < -0.39 is 11.7 Å². The Hall–Kier alpha value is -0.160. The molecule has 1 aliphatic heterocycles. The van der Waals surface area contributed by atoms with Gasteiger partial charge in [-0.3, -0.25) is 0 Å². The summed E-state index contributed by atoms with van der Waals surface area (Å²) in [6, 6.07) is 0. The molecule has 0 aliphatic carbocycles. The maximum Gasteiger partial charge on any atom is 0.126 e. The largest absolute Gasteiger partial charge is 0.390 e. The van der Waals surface area contributed by atoms with E-state index >= 15 is 0 Å². The smallest absolute Gasteiger partial charge is 0.126 e. The Morgan fingerprint density at radius 1 is 1.67 bits per heavy atom. The quantitative estimate of drug-likeness (QED) is 0.520. The number of ether oxygens (including phenoxy) is 1. The van der Waals surface area contributed by atoms with Crippen LogP contribution < -0.4 is 5.32 Å². The zero-order chi connectivity index (χ0) is 9.03. The molecule has 0 bridgehead atoms. The first kappa shape index (κ1) is 9.92. The maximum atomic E-state index is 9.83. The highest BCUT2D eigenvalue weighted by molar-refractivity contribution is 4.92. The molecule has 1 heterocycles. The Bertz CT molecular complexity index is 142. The monoisotopic (exact) mass is 175 g/mol. The van der Waals surface area contributed by atoms with E-state index in [-0.39, 0.29) is 6.61 Å². The van der Waals surface area contributed by atoms with Gasteiger partial charge in [0.1, 0.15) is 5.60 Å². The van der Waals surface area contributed by atoms with E-state index in [0.717, 1.165) is 6.54 Å². The van der Waals surface area contributed by atoms with Crippen LogP contribution in [0.5, 0.6) is 0 Å². The number of hydrogen-bond donors (Lipinski definition) is 3. The van der Waals surface area contributed by atoms with Crippen LogP contribution in [0.25, 0.3) is 0 Å². The van der Waals surface area contributed by atoms with Crippen molar-refractivity contribution in [3.05, 3.63) is 0 Å². The Morgan fingerprint density at radius 3 is 3.00 bits per heavy atom. The van der Waals surface area contributed by atoms with Crippen LogP contribution in [0.3, 0.4) is 0 Å². The van der Waals surface area contributed by atoms with Gasteiger partial charge < -0.3 is 20.3 Å². The van der Waals surface area contributed by atoms with Gasteiger partial charge >= 0.3 is 0 Å². The minimum absolute atomic E-state index is 0.206. The molecule has 0 spiro atoms. The summed E-state index contributed by atoms with van der Waals surface area (Å²) in [7, 11) is 0. The molecule has 2 atom stereocenters. The van der Waals surface area contributed by atoms with E-state index in [1.165, 1.54) is 0 Å². The van der Waals surface area contributed by atoms with Gasteiger partial charge in [0.15, 0.2) is 0 Å². The Morgan fingerprint density at radius 2 is 2.42 bits per heavy atom. The van der Waals surface area contributed by atoms with Crippen LogP contribution in [0.4, 0.5) is 0 Å². The van der Waals surface area contributed by atoms with Crippen LogP contribution in [0.15, 0.2) is 0 Å². The summed E-state index contributed by atoms with van der Waals surface area (Å²) >= 11 is 0. The number of aliphatic hydroxyl groups is 2. The van der Waals surface area contributed by atoms with E-state index in [2.05, 4.69) is 5.32 Å². The molecule has 12 heavy (non-hydrogen) atoms. The summed E-state index contributed by atoms with van der Waals surface area (Å²) in [5.74, 6) is 0. The molecule has 0 aromatic carbocycles. The number of hydrogen-bond acceptors (Lipinski definition) is 4. The lowest BCUT2D eigenvalue weighted by atomic mass is 9.92. The van der Waals surface area contributed by atoms with Gasteiger partial charge in [0.25, 0.3) is 0 Å². The van der Waals surface area contributed by atoms with Crippen LogP contribution in [-0.4, -0.2) is 48.2 Å². The molecule has 1 rings (SSSR count). The molecule has 0 radical (unpaired) electrons. The highest BCUT2D eigenvalue weighted by Gasteiger charge is 2.37. The van der Waals surface area contributed by atoms with Crippen LogP contribution in [0.1, 0.15) is 13.3 Å². The minimum atomic E-state index is -1.09. The summed E-state index contributed by atoms with van der Waals surface area (Å²) < 4.78 is 5.10. The van der Waals surface area contributed by atoms with Crippen molar-refractivity contribution in [1.82, 2.24) is 5.32 Å².